The van der Waals surface area contributed by atoms with Crippen molar-refractivity contribution < 1.29 is 23.5 Å². The van der Waals surface area contributed by atoms with Gasteiger partial charge in [-0.1, -0.05) is 18.2 Å². The summed E-state index contributed by atoms with van der Waals surface area (Å²) >= 11 is 0. The number of fused-ring (bicyclic) bond motifs is 4. The summed E-state index contributed by atoms with van der Waals surface area (Å²) in [5.41, 5.74) is 3.97. The number of ether oxygens (including phenoxy) is 2. The van der Waals surface area contributed by atoms with Crippen LogP contribution >= 0.6 is 0 Å². The van der Waals surface area contributed by atoms with E-state index in [-0.39, 0.29) is 35.1 Å². The molecule has 27 heavy (non-hydrogen) atoms. The monoisotopic (exact) mass is 368 g/mol. The van der Waals surface area contributed by atoms with Crippen molar-refractivity contribution in [2.75, 3.05) is 11.9 Å². The molecule has 1 amide bonds. The number of rotatable bonds is 2. The molecule has 1 aromatic heterocycles. The quantitative estimate of drug-likeness (QED) is 0.767. The van der Waals surface area contributed by atoms with Crippen LogP contribution in [0.5, 0.6) is 5.75 Å². The van der Waals surface area contributed by atoms with Crippen LogP contribution in [-0.2, 0) is 19.7 Å². The van der Waals surface area contributed by atoms with Gasteiger partial charge in [-0.3, -0.25) is 4.79 Å². The molecule has 3 heterocycles. The minimum atomic E-state index is -1.81. The first-order valence-corrected chi connectivity index (χ1v) is 8.32. The molecular weight excluding hydrogens is 352 g/mol. The SMILES string of the molecule is CCOC(=O)C1=C(N)Oc2cc(C)oc(=O)c2[C@@]12C(=O)Nc1ccccc12. The number of nitrogens with one attached hydrogen (secondary N) is 1. The predicted octanol–water partition coefficient (Wildman–Crippen LogP) is 1.31. The first-order valence-electron chi connectivity index (χ1n) is 8.32. The molecule has 8 heteroatoms. The fraction of sp³-hybridized carbons (Fsp3) is 0.211. The molecule has 0 saturated heterocycles. The van der Waals surface area contributed by atoms with Crippen LogP contribution in [0.15, 0.2) is 51.0 Å². The minimum absolute atomic E-state index is 0.0598. The van der Waals surface area contributed by atoms with Gasteiger partial charge in [0.25, 0.3) is 0 Å². The van der Waals surface area contributed by atoms with Gasteiger partial charge in [0.1, 0.15) is 28.1 Å². The number of para-hydroxylation sites is 1. The van der Waals surface area contributed by atoms with Gasteiger partial charge in [-0.2, -0.15) is 0 Å². The maximum atomic E-state index is 13.2. The lowest BCUT2D eigenvalue weighted by molar-refractivity contribution is -0.140. The number of nitrogens with two attached hydrogens (primary N) is 1. The first kappa shape index (κ1) is 16.9. The van der Waals surface area contributed by atoms with Crippen molar-refractivity contribution in [2.45, 2.75) is 19.3 Å². The lowest BCUT2D eigenvalue weighted by atomic mass is 9.69. The third kappa shape index (κ3) is 2.13. The summed E-state index contributed by atoms with van der Waals surface area (Å²) in [4.78, 5) is 38.8. The fourth-order valence-corrected chi connectivity index (χ4v) is 3.69. The van der Waals surface area contributed by atoms with Gasteiger partial charge in [-0.25, -0.2) is 9.59 Å². The van der Waals surface area contributed by atoms with E-state index in [0.29, 0.717) is 11.3 Å². The smallest absolute Gasteiger partial charge is 0.344 e. The molecule has 2 aliphatic rings. The fourth-order valence-electron chi connectivity index (χ4n) is 3.69. The molecule has 0 bridgehead atoms. The second kappa shape index (κ2) is 5.73. The molecule has 1 atom stereocenters. The number of hydrogen-bond donors (Lipinski definition) is 2. The lowest BCUT2D eigenvalue weighted by Crippen LogP contribution is -2.48. The summed E-state index contributed by atoms with van der Waals surface area (Å²) < 4.78 is 15.9. The molecule has 2 aliphatic heterocycles. The number of esters is 1. The second-order valence-electron chi connectivity index (χ2n) is 6.20. The molecule has 0 fully saturated rings. The Morgan fingerprint density at radius 2 is 2.04 bits per heavy atom. The summed E-state index contributed by atoms with van der Waals surface area (Å²) in [7, 11) is 0. The molecular formula is C19H16N2O6. The Kier molecular flexibility index (Phi) is 3.59. The van der Waals surface area contributed by atoms with Crippen LogP contribution in [0.1, 0.15) is 23.8 Å². The largest absolute Gasteiger partial charge is 0.462 e. The predicted molar refractivity (Wildman–Crippen MR) is 94.0 cm³/mol. The van der Waals surface area contributed by atoms with Gasteiger partial charge < -0.3 is 24.9 Å². The number of hydrogen-bond acceptors (Lipinski definition) is 7. The molecule has 0 unspecified atom stereocenters. The molecule has 1 spiro atoms. The van der Waals surface area contributed by atoms with Crippen molar-refractivity contribution >= 4 is 17.6 Å². The molecule has 8 nitrogen and oxygen atoms in total. The zero-order valence-electron chi connectivity index (χ0n) is 14.6. The number of benzene rings is 1. The maximum absolute atomic E-state index is 13.2. The normalized spacial score (nSPS) is 20.0. The van der Waals surface area contributed by atoms with E-state index in [1.165, 1.54) is 6.07 Å². The van der Waals surface area contributed by atoms with E-state index in [9.17, 15) is 14.4 Å². The van der Waals surface area contributed by atoms with E-state index in [4.69, 9.17) is 19.6 Å². The number of carbonyl (C=O) groups excluding carboxylic acids is 2. The van der Waals surface area contributed by atoms with Gasteiger partial charge in [-0.15, -0.1) is 0 Å². The van der Waals surface area contributed by atoms with Crippen molar-refractivity contribution in [3.05, 3.63) is 69.1 Å². The molecule has 2 aromatic rings. The molecule has 0 aliphatic carbocycles. The summed E-state index contributed by atoms with van der Waals surface area (Å²) in [6, 6.07) is 8.21. The van der Waals surface area contributed by atoms with Gasteiger partial charge >= 0.3 is 11.6 Å². The van der Waals surface area contributed by atoms with Crippen LogP contribution in [-0.4, -0.2) is 18.5 Å². The third-order valence-corrected chi connectivity index (χ3v) is 4.65. The van der Waals surface area contributed by atoms with E-state index in [1.807, 2.05) is 0 Å². The van der Waals surface area contributed by atoms with Crippen molar-refractivity contribution in [3.63, 3.8) is 0 Å². The summed E-state index contributed by atoms with van der Waals surface area (Å²) in [6.45, 7) is 3.25. The highest BCUT2D eigenvalue weighted by Gasteiger charge is 2.60. The molecule has 138 valence electrons. The van der Waals surface area contributed by atoms with Crippen molar-refractivity contribution in [1.82, 2.24) is 0 Å². The summed E-state index contributed by atoms with van der Waals surface area (Å²) in [5, 5.41) is 2.72. The van der Waals surface area contributed by atoms with E-state index < -0.39 is 22.9 Å². The van der Waals surface area contributed by atoms with Crippen LogP contribution in [0.2, 0.25) is 0 Å². The number of carbonyl (C=O) groups is 2. The molecule has 0 radical (unpaired) electrons. The highest BCUT2D eigenvalue weighted by atomic mass is 16.5. The van der Waals surface area contributed by atoms with Gasteiger partial charge in [0.2, 0.25) is 11.8 Å². The van der Waals surface area contributed by atoms with Crippen LogP contribution in [0.4, 0.5) is 5.69 Å². The van der Waals surface area contributed by atoms with Crippen LogP contribution in [0, 0.1) is 6.92 Å². The third-order valence-electron chi connectivity index (χ3n) is 4.65. The standard InChI is InChI=1S/C19H16N2O6/c1-3-25-16(22)14-15(20)27-12-8-9(2)26-17(23)13(12)19(14)10-6-4-5-7-11(10)21-18(19)24/h4-8H,3,20H2,1-2H3,(H,21,24)/t19-/m1/s1. The molecule has 3 N–H and O–H groups in total. The lowest BCUT2D eigenvalue weighted by Gasteiger charge is -2.34. The van der Waals surface area contributed by atoms with Gasteiger partial charge in [0, 0.05) is 17.3 Å². The Balaban J connectivity index is 2.15. The Morgan fingerprint density at radius 3 is 2.78 bits per heavy atom. The van der Waals surface area contributed by atoms with Crippen molar-refractivity contribution in [3.8, 4) is 5.75 Å². The average molecular weight is 368 g/mol. The second-order valence-corrected chi connectivity index (χ2v) is 6.20. The van der Waals surface area contributed by atoms with Crippen LogP contribution in [0.25, 0.3) is 0 Å². The molecule has 1 aromatic carbocycles. The van der Waals surface area contributed by atoms with Crippen LogP contribution < -0.4 is 21.4 Å². The molecule has 4 rings (SSSR count). The van der Waals surface area contributed by atoms with E-state index >= 15 is 0 Å². The number of aryl methyl sites for hydroxylation is 1. The van der Waals surface area contributed by atoms with Gasteiger partial charge in [0.05, 0.1) is 6.61 Å². The highest BCUT2D eigenvalue weighted by molar-refractivity contribution is 6.17. The number of amides is 1. The molecule has 0 saturated carbocycles. The minimum Gasteiger partial charge on any atom is -0.462 e. The van der Waals surface area contributed by atoms with Crippen molar-refractivity contribution in [1.29, 1.82) is 0 Å². The highest BCUT2D eigenvalue weighted by Crippen LogP contribution is 2.52. The van der Waals surface area contributed by atoms with E-state index in [0.717, 1.165) is 0 Å². The van der Waals surface area contributed by atoms with Crippen LogP contribution in [0.3, 0.4) is 0 Å². The Bertz CT molecular complexity index is 1080. The van der Waals surface area contributed by atoms with Crippen molar-refractivity contribution in [2.24, 2.45) is 5.73 Å². The first-order chi connectivity index (χ1) is 12.9. The average Bonchev–Trinajstić information content (AvgIpc) is 2.87. The Morgan fingerprint density at radius 1 is 1.30 bits per heavy atom. The number of anilines is 1. The topological polar surface area (TPSA) is 121 Å². The van der Waals surface area contributed by atoms with E-state index in [1.54, 1.807) is 38.1 Å². The zero-order chi connectivity index (χ0) is 19.3. The Hall–Kier alpha value is -3.55. The zero-order valence-corrected chi connectivity index (χ0v) is 14.6. The summed E-state index contributed by atoms with van der Waals surface area (Å²) in [5.74, 6) is -1.38. The van der Waals surface area contributed by atoms with Gasteiger partial charge in [-0.05, 0) is 19.9 Å². The Labute approximate surface area is 153 Å². The van der Waals surface area contributed by atoms with Gasteiger partial charge in [0.15, 0.2) is 0 Å². The summed E-state index contributed by atoms with van der Waals surface area (Å²) in [6.07, 6.45) is 0. The van der Waals surface area contributed by atoms with E-state index in [2.05, 4.69) is 5.32 Å². The maximum Gasteiger partial charge on any atom is 0.344 e.